The summed E-state index contributed by atoms with van der Waals surface area (Å²) in [5.41, 5.74) is 3.70. The van der Waals surface area contributed by atoms with Crippen LogP contribution in [0.1, 0.15) is 46.2 Å². The van der Waals surface area contributed by atoms with E-state index in [-0.39, 0.29) is 11.6 Å². The van der Waals surface area contributed by atoms with Crippen molar-refractivity contribution in [2.75, 3.05) is 5.75 Å². The van der Waals surface area contributed by atoms with Gasteiger partial charge in [-0.15, -0.1) is 10.2 Å². The highest BCUT2D eigenvalue weighted by atomic mass is 32.2. The Labute approximate surface area is 161 Å². The lowest BCUT2D eigenvalue weighted by Gasteiger charge is -2.10. The van der Waals surface area contributed by atoms with Gasteiger partial charge in [-0.25, -0.2) is 4.39 Å². The van der Waals surface area contributed by atoms with Gasteiger partial charge in [-0.05, 0) is 50.5 Å². The van der Waals surface area contributed by atoms with Crippen LogP contribution >= 0.6 is 11.8 Å². The molecule has 27 heavy (non-hydrogen) atoms. The first kappa shape index (κ1) is 18.0. The van der Waals surface area contributed by atoms with Crippen molar-refractivity contribution in [2.45, 2.75) is 44.4 Å². The molecule has 0 aliphatic heterocycles. The van der Waals surface area contributed by atoms with Crippen LogP contribution in [-0.2, 0) is 6.54 Å². The zero-order chi connectivity index (χ0) is 19.0. The number of aryl methyl sites for hydroxylation is 1. The van der Waals surface area contributed by atoms with Crippen LogP contribution in [0.4, 0.5) is 4.39 Å². The van der Waals surface area contributed by atoms with Gasteiger partial charge < -0.3 is 9.13 Å². The second kappa shape index (κ2) is 7.31. The molecule has 4 rings (SSSR count). The minimum atomic E-state index is -0.244. The standard InChI is InChI=1S/C20H21FN4OS/c1-13-9-18(14(2)24(13)10-15-3-5-16(21)6-4-15)19(26)11-27-20-23-22-12-25(20)17-7-8-17/h3-6,9,12,17H,7-8,10-11H2,1-2H3. The van der Waals surface area contributed by atoms with Crippen molar-refractivity contribution < 1.29 is 9.18 Å². The molecule has 0 saturated heterocycles. The van der Waals surface area contributed by atoms with Gasteiger partial charge in [0, 0.05) is 29.5 Å². The van der Waals surface area contributed by atoms with E-state index in [1.54, 1.807) is 18.5 Å². The molecule has 1 saturated carbocycles. The predicted molar refractivity (Wildman–Crippen MR) is 103 cm³/mol. The SMILES string of the molecule is Cc1cc(C(=O)CSc2nncn2C2CC2)c(C)n1Cc1ccc(F)cc1. The number of halogens is 1. The summed E-state index contributed by atoms with van der Waals surface area (Å²) >= 11 is 1.44. The summed E-state index contributed by atoms with van der Waals surface area (Å²) in [5, 5.41) is 8.92. The van der Waals surface area contributed by atoms with Crippen LogP contribution in [0.2, 0.25) is 0 Å². The van der Waals surface area contributed by atoms with E-state index in [4.69, 9.17) is 0 Å². The van der Waals surface area contributed by atoms with Crippen LogP contribution in [0.3, 0.4) is 0 Å². The Bertz CT molecular complexity index is 973. The van der Waals surface area contributed by atoms with Gasteiger partial charge in [0.25, 0.3) is 0 Å². The smallest absolute Gasteiger partial charge is 0.191 e. The van der Waals surface area contributed by atoms with Gasteiger partial charge in [0.1, 0.15) is 12.1 Å². The Kier molecular flexibility index (Phi) is 4.86. The van der Waals surface area contributed by atoms with Crippen LogP contribution in [0, 0.1) is 19.7 Å². The van der Waals surface area contributed by atoms with Gasteiger partial charge in [-0.2, -0.15) is 0 Å². The molecule has 0 N–H and O–H groups in total. The number of hydrogen-bond donors (Lipinski definition) is 0. The molecule has 140 valence electrons. The molecule has 0 unspecified atom stereocenters. The van der Waals surface area contributed by atoms with Gasteiger partial charge in [0.2, 0.25) is 0 Å². The fourth-order valence-electron chi connectivity index (χ4n) is 3.25. The normalized spacial score (nSPS) is 13.9. The zero-order valence-corrected chi connectivity index (χ0v) is 16.2. The Morgan fingerprint density at radius 2 is 2.00 bits per heavy atom. The quantitative estimate of drug-likeness (QED) is 0.453. The highest BCUT2D eigenvalue weighted by Gasteiger charge is 2.26. The molecule has 0 atom stereocenters. The van der Waals surface area contributed by atoms with Crippen LogP contribution in [0.15, 0.2) is 41.8 Å². The third-order valence-corrected chi connectivity index (χ3v) is 5.90. The first-order valence-electron chi connectivity index (χ1n) is 8.99. The van der Waals surface area contributed by atoms with Crippen molar-refractivity contribution in [3.05, 3.63) is 65.0 Å². The number of Topliss-reactive ketones (excluding diaryl/α,β-unsaturated/α-hetero) is 1. The molecular formula is C20H21FN4OS. The van der Waals surface area contributed by atoms with Crippen molar-refractivity contribution in [2.24, 2.45) is 0 Å². The van der Waals surface area contributed by atoms with Gasteiger partial charge in [-0.1, -0.05) is 23.9 Å². The molecule has 0 amide bonds. The van der Waals surface area contributed by atoms with Gasteiger partial charge in [0.05, 0.1) is 5.75 Å². The number of aromatic nitrogens is 4. The number of rotatable bonds is 7. The van der Waals surface area contributed by atoms with Crippen LogP contribution in [-0.4, -0.2) is 30.9 Å². The maximum atomic E-state index is 13.1. The lowest BCUT2D eigenvalue weighted by atomic mass is 10.2. The Hall–Kier alpha value is -2.41. The zero-order valence-electron chi connectivity index (χ0n) is 15.4. The molecule has 1 aromatic carbocycles. The van der Waals surface area contributed by atoms with Crippen molar-refractivity contribution in [1.82, 2.24) is 19.3 Å². The number of thioether (sulfide) groups is 1. The Morgan fingerprint density at radius 1 is 1.26 bits per heavy atom. The largest absolute Gasteiger partial charge is 0.344 e. The lowest BCUT2D eigenvalue weighted by molar-refractivity contribution is 0.102. The van der Waals surface area contributed by atoms with E-state index in [2.05, 4.69) is 19.3 Å². The van der Waals surface area contributed by atoms with E-state index < -0.39 is 0 Å². The molecule has 7 heteroatoms. The first-order chi connectivity index (χ1) is 13.0. The van der Waals surface area contributed by atoms with Gasteiger partial charge >= 0.3 is 0 Å². The summed E-state index contributed by atoms with van der Waals surface area (Å²) in [6, 6.07) is 8.91. The van der Waals surface area contributed by atoms with E-state index >= 15 is 0 Å². The van der Waals surface area contributed by atoms with Crippen molar-refractivity contribution in [3.8, 4) is 0 Å². The third-order valence-electron chi connectivity index (χ3n) is 4.94. The highest BCUT2D eigenvalue weighted by Crippen LogP contribution is 2.37. The van der Waals surface area contributed by atoms with E-state index in [9.17, 15) is 9.18 Å². The molecule has 1 aliphatic rings. The molecule has 2 heterocycles. The van der Waals surface area contributed by atoms with E-state index in [0.29, 0.717) is 18.3 Å². The van der Waals surface area contributed by atoms with Gasteiger partial charge in [-0.3, -0.25) is 4.79 Å². The predicted octanol–water partition coefficient (Wildman–Crippen LogP) is 4.19. The molecule has 1 fully saturated rings. The van der Waals surface area contributed by atoms with Gasteiger partial charge in [0.15, 0.2) is 10.9 Å². The van der Waals surface area contributed by atoms with E-state index in [1.165, 1.54) is 23.9 Å². The van der Waals surface area contributed by atoms with Crippen molar-refractivity contribution >= 4 is 17.5 Å². The van der Waals surface area contributed by atoms with Crippen LogP contribution in [0.5, 0.6) is 0 Å². The molecule has 0 bridgehead atoms. The number of carbonyl (C=O) groups excluding carboxylic acids is 1. The van der Waals surface area contributed by atoms with Crippen LogP contribution in [0.25, 0.3) is 0 Å². The topological polar surface area (TPSA) is 52.7 Å². The maximum absolute atomic E-state index is 13.1. The summed E-state index contributed by atoms with van der Waals surface area (Å²) in [7, 11) is 0. The number of benzene rings is 1. The monoisotopic (exact) mass is 384 g/mol. The lowest BCUT2D eigenvalue weighted by Crippen LogP contribution is -2.08. The second-order valence-electron chi connectivity index (χ2n) is 6.96. The number of carbonyl (C=O) groups is 1. The summed E-state index contributed by atoms with van der Waals surface area (Å²) < 4.78 is 17.3. The molecule has 2 aromatic heterocycles. The minimum Gasteiger partial charge on any atom is -0.344 e. The van der Waals surface area contributed by atoms with Crippen molar-refractivity contribution in [3.63, 3.8) is 0 Å². The Balaban J connectivity index is 1.47. The molecule has 0 radical (unpaired) electrons. The average molecular weight is 384 g/mol. The summed E-state index contributed by atoms with van der Waals surface area (Å²) in [6.45, 7) is 4.57. The average Bonchev–Trinajstić information content (AvgIpc) is 3.33. The summed E-state index contributed by atoms with van der Waals surface area (Å²) in [6.07, 6.45) is 4.06. The van der Waals surface area contributed by atoms with Crippen LogP contribution < -0.4 is 0 Å². The number of ketones is 1. The second-order valence-corrected chi connectivity index (χ2v) is 7.90. The Morgan fingerprint density at radius 3 is 2.70 bits per heavy atom. The first-order valence-corrected chi connectivity index (χ1v) is 9.98. The van der Waals surface area contributed by atoms with E-state index in [0.717, 1.165) is 40.5 Å². The van der Waals surface area contributed by atoms with Crippen molar-refractivity contribution in [1.29, 1.82) is 0 Å². The highest BCUT2D eigenvalue weighted by molar-refractivity contribution is 7.99. The minimum absolute atomic E-state index is 0.0869. The molecule has 3 aromatic rings. The van der Waals surface area contributed by atoms with E-state index in [1.807, 2.05) is 19.9 Å². The summed E-state index contributed by atoms with van der Waals surface area (Å²) in [5.74, 6) is 0.183. The summed E-state index contributed by atoms with van der Waals surface area (Å²) in [4.78, 5) is 12.8. The number of nitrogens with zero attached hydrogens (tertiary/aromatic N) is 4. The third kappa shape index (κ3) is 3.83. The fraction of sp³-hybridized carbons (Fsp3) is 0.350. The fourth-order valence-corrected chi connectivity index (χ4v) is 4.11. The molecule has 1 aliphatic carbocycles. The molecular weight excluding hydrogens is 363 g/mol. The molecule has 0 spiro atoms. The molecule has 5 nitrogen and oxygen atoms in total. The maximum Gasteiger partial charge on any atom is 0.191 e. The number of hydrogen-bond acceptors (Lipinski definition) is 4.